The second kappa shape index (κ2) is 11.0. The Morgan fingerprint density at radius 2 is 1.42 bits per heavy atom. The molecular formula is C25H28ClN3O5S2. The predicted molar refractivity (Wildman–Crippen MR) is 143 cm³/mol. The van der Waals surface area contributed by atoms with Crippen molar-refractivity contribution in [2.45, 2.75) is 36.0 Å². The van der Waals surface area contributed by atoms with Crippen molar-refractivity contribution in [1.82, 2.24) is 0 Å². The molecule has 4 rings (SSSR count). The summed E-state index contributed by atoms with van der Waals surface area (Å²) in [6, 6.07) is 17.0. The minimum Gasteiger partial charge on any atom is -0.494 e. The van der Waals surface area contributed by atoms with Gasteiger partial charge in [0.05, 0.1) is 38.5 Å². The number of piperidine rings is 1. The zero-order valence-electron chi connectivity index (χ0n) is 19.8. The van der Waals surface area contributed by atoms with Gasteiger partial charge in [-0.15, -0.1) is 0 Å². The molecule has 1 fully saturated rings. The van der Waals surface area contributed by atoms with Crippen molar-refractivity contribution in [3.05, 3.63) is 71.8 Å². The molecule has 36 heavy (non-hydrogen) atoms. The zero-order chi connectivity index (χ0) is 25.8. The molecule has 3 aromatic rings. The highest BCUT2D eigenvalue weighted by molar-refractivity contribution is 7.93. The zero-order valence-corrected chi connectivity index (χ0v) is 22.2. The number of nitrogens with one attached hydrogen (secondary N) is 2. The van der Waals surface area contributed by atoms with Crippen molar-refractivity contribution in [2.75, 3.05) is 34.0 Å². The second-order valence-corrected chi connectivity index (χ2v) is 12.1. The molecule has 1 heterocycles. The molecular weight excluding hydrogens is 522 g/mol. The van der Waals surface area contributed by atoms with Crippen LogP contribution >= 0.6 is 11.6 Å². The first-order valence-electron chi connectivity index (χ1n) is 11.6. The van der Waals surface area contributed by atoms with Crippen molar-refractivity contribution in [1.29, 1.82) is 0 Å². The van der Waals surface area contributed by atoms with E-state index in [2.05, 4.69) is 14.3 Å². The van der Waals surface area contributed by atoms with E-state index in [0.29, 0.717) is 18.0 Å². The molecule has 0 spiro atoms. The number of benzene rings is 3. The minimum absolute atomic E-state index is 0.0398. The summed E-state index contributed by atoms with van der Waals surface area (Å²) < 4.78 is 63.3. The van der Waals surface area contributed by atoms with E-state index in [1.807, 2.05) is 6.92 Å². The lowest BCUT2D eigenvalue weighted by molar-refractivity contribution is 0.340. The number of para-hydroxylation sites is 1. The van der Waals surface area contributed by atoms with E-state index in [1.165, 1.54) is 24.3 Å². The topological polar surface area (TPSA) is 105 Å². The molecule has 0 unspecified atom stereocenters. The molecule has 1 saturated heterocycles. The maximum Gasteiger partial charge on any atom is 0.262 e. The highest BCUT2D eigenvalue weighted by Crippen LogP contribution is 2.34. The molecule has 1 aliphatic rings. The molecule has 0 bridgehead atoms. The van der Waals surface area contributed by atoms with Crippen LogP contribution in [-0.2, 0) is 20.0 Å². The fraction of sp³-hybridized carbons (Fsp3) is 0.280. The van der Waals surface area contributed by atoms with E-state index in [4.69, 9.17) is 16.3 Å². The average molecular weight is 550 g/mol. The predicted octanol–water partition coefficient (Wildman–Crippen LogP) is 5.33. The van der Waals surface area contributed by atoms with Gasteiger partial charge in [0.1, 0.15) is 5.75 Å². The Labute approximate surface area is 217 Å². The van der Waals surface area contributed by atoms with Crippen LogP contribution in [0.2, 0.25) is 5.02 Å². The number of anilines is 3. The van der Waals surface area contributed by atoms with Crippen LogP contribution < -0.4 is 19.1 Å². The Morgan fingerprint density at radius 1 is 0.806 bits per heavy atom. The summed E-state index contributed by atoms with van der Waals surface area (Å²) >= 11 is 6.13. The molecule has 11 heteroatoms. The monoisotopic (exact) mass is 549 g/mol. The van der Waals surface area contributed by atoms with E-state index < -0.39 is 20.0 Å². The quantitative estimate of drug-likeness (QED) is 0.374. The number of ether oxygens (including phenoxy) is 1. The summed E-state index contributed by atoms with van der Waals surface area (Å²) in [5.74, 6) is 0.559. The molecule has 0 aromatic heterocycles. The van der Waals surface area contributed by atoms with Crippen molar-refractivity contribution >= 4 is 48.7 Å². The van der Waals surface area contributed by atoms with Crippen LogP contribution in [-0.4, -0.2) is 36.5 Å². The van der Waals surface area contributed by atoms with Gasteiger partial charge in [0.25, 0.3) is 20.0 Å². The number of hydrogen-bond donors (Lipinski definition) is 2. The van der Waals surface area contributed by atoms with Crippen LogP contribution in [0, 0.1) is 0 Å². The number of hydrogen-bond acceptors (Lipinski definition) is 6. The number of halogens is 1. The second-order valence-electron chi connectivity index (χ2n) is 8.32. The highest BCUT2D eigenvalue weighted by atomic mass is 35.5. The lowest BCUT2D eigenvalue weighted by Gasteiger charge is -2.31. The van der Waals surface area contributed by atoms with E-state index in [1.54, 1.807) is 42.5 Å². The molecule has 0 amide bonds. The van der Waals surface area contributed by atoms with Crippen molar-refractivity contribution < 1.29 is 21.6 Å². The maximum absolute atomic E-state index is 13.2. The molecule has 0 saturated carbocycles. The normalized spacial score (nSPS) is 14.3. The van der Waals surface area contributed by atoms with Gasteiger partial charge in [-0.3, -0.25) is 9.44 Å². The standard InChI is InChI=1S/C25H28ClN3O5S2/c1-2-34-19-10-12-20(13-11-19)35(30,31)28-24-18-21(14-15-25(24)29-16-6-3-7-17-29)36(32,33)27-23-9-5-4-8-22(23)26/h4-5,8-15,18,27-28H,2-3,6-7,16-17H2,1H3. The molecule has 0 atom stereocenters. The summed E-state index contributed by atoms with van der Waals surface area (Å²) in [5, 5.41) is 0.252. The molecule has 0 aliphatic carbocycles. The van der Waals surface area contributed by atoms with E-state index in [-0.39, 0.29) is 26.2 Å². The Balaban J connectivity index is 1.70. The minimum atomic E-state index is -4.04. The fourth-order valence-electron chi connectivity index (χ4n) is 4.01. The number of rotatable bonds is 9. The van der Waals surface area contributed by atoms with Crippen molar-refractivity contribution in [2.24, 2.45) is 0 Å². The van der Waals surface area contributed by atoms with E-state index in [9.17, 15) is 16.8 Å². The van der Waals surface area contributed by atoms with Gasteiger partial charge >= 0.3 is 0 Å². The van der Waals surface area contributed by atoms with Gasteiger partial charge < -0.3 is 9.64 Å². The van der Waals surface area contributed by atoms with Crippen LogP contribution in [0.5, 0.6) is 5.75 Å². The average Bonchev–Trinajstić information content (AvgIpc) is 2.86. The van der Waals surface area contributed by atoms with Gasteiger partial charge in [0.15, 0.2) is 0 Å². The number of nitrogens with zero attached hydrogens (tertiary/aromatic N) is 1. The lowest BCUT2D eigenvalue weighted by Crippen LogP contribution is -2.30. The Bertz CT molecular complexity index is 1420. The molecule has 1 aliphatic heterocycles. The summed E-state index contributed by atoms with van der Waals surface area (Å²) in [6.45, 7) is 3.81. The third kappa shape index (κ3) is 6.05. The van der Waals surface area contributed by atoms with Gasteiger partial charge in [-0.2, -0.15) is 0 Å². The Hall–Kier alpha value is -2.95. The first kappa shape index (κ1) is 26.1. The largest absolute Gasteiger partial charge is 0.494 e. The van der Waals surface area contributed by atoms with E-state index >= 15 is 0 Å². The number of sulfonamides is 2. The van der Waals surface area contributed by atoms with Gasteiger partial charge in [0.2, 0.25) is 0 Å². The van der Waals surface area contributed by atoms with Gasteiger partial charge in [-0.1, -0.05) is 23.7 Å². The maximum atomic E-state index is 13.2. The van der Waals surface area contributed by atoms with Crippen LogP contribution in [0.25, 0.3) is 0 Å². The summed E-state index contributed by atoms with van der Waals surface area (Å²) in [6.07, 6.45) is 3.04. The molecule has 192 valence electrons. The summed E-state index contributed by atoms with van der Waals surface area (Å²) in [4.78, 5) is 2.02. The first-order valence-corrected chi connectivity index (χ1v) is 15.0. The smallest absolute Gasteiger partial charge is 0.262 e. The van der Waals surface area contributed by atoms with Gasteiger partial charge in [0, 0.05) is 13.1 Å². The first-order chi connectivity index (χ1) is 17.2. The Morgan fingerprint density at radius 3 is 2.08 bits per heavy atom. The van der Waals surface area contributed by atoms with Crippen LogP contribution in [0.4, 0.5) is 17.1 Å². The molecule has 0 radical (unpaired) electrons. The SMILES string of the molecule is CCOc1ccc(S(=O)(=O)Nc2cc(S(=O)(=O)Nc3ccccc3Cl)ccc2N2CCCCC2)cc1. The lowest BCUT2D eigenvalue weighted by atomic mass is 10.1. The summed E-state index contributed by atoms with van der Waals surface area (Å²) in [7, 11) is -8.04. The van der Waals surface area contributed by atoms with Gasteiger partial charge in [-0.25, -0.2) is 16.8 Å². The summed E-state index contributed by atoms with van der Waals surface area (Å²) in [5.41, 5.74) is 1.05. The van der Waals surface area contributed by atoms with E-state index in [0.717, 1.165) is 32.4 Å². The van der Waals surface area contributed by atoms with Gasteiger partial charge in [-0.05, 0) is 80.8 Å². The van der Waals surface area contributed by atoms with Crippen molar-refractivity contribution in [3.8, 4) is 5.75 Å². The van der Waals surface area contributed by atoms with Crippen molar-refractivity contribution in [3.63, 3.8) is 0 Å². The fourth-order valence-corrected chi connectivity index (χ4v) is 6.42. The molecule has 3 aromatic carbocycles. The third-order valence-corrected chi connectivity index (χ3v) is 8.86. The van der Waals surface area contributed by atoms with Crippen LogP contribution in [0.1, 0.15) is 26.2 Å². The van der Waals surface area contributed by atoms with Crippen LogP contribution in [0.15, 0.2) is 76.5 Å². The molecule has 2 N–H and O–H groups in total. The highest BCUT2D eigenvalue weighted by Gasteiger charge is 2.24. The Kier molecular flexibility index (Phi) is 7.97. The van der Waals surface area contributed by atoms with Crippen LogP contribution in [0.3, 0.4) is 0 Å². The third-order valence-electron chi connectivity index (χ3n) is 5.78. The molecule has 8 nitrogen and oxygen atoms in total.